The monoisotopic (exact) mass is 510 g/mol. The molecule has 0 saturated heterocycles. The second kappa shape index (κ2) is 9.86. The van der Waals surface area contributed by atoms with Crippen LogP contribution in [0.3, 0.4) is 0 Å². The summed E-state index contributed by atoms with van der Waals surface area (Å²) in [4.78, 5) is 33.3. The van der Waals surface area contributed by atoms with Gasteiger partial charge >= 0.3 is 5.97 Å². The van der Waals surface area contributed by atoms with Crippen LogP contribution in [-0.2, 0) is 17.6 Å². The lowest BCUT2D eigenvalue weighted by molar-refractivity contribution is 0.0505. The fourth-order valence-corrected chi connectivity index (χ4v) is 6.52. The SMILES string of the molecule is CCCOC(=O)c1c(NC(=O)c2cc(-c3ccc(Cl)s3)nc3ccccc23)sc2c1CCCC2. The smallest absolute Gasteiger partial charge is 0.341 e. The van der Waals surface area contributed by atoms with E-state index in [0.29, 0.717) is 32.8 Å². The molecule has 3 heterocycles. The van der Waals surface area contributed by atoms with Gasteiger partial charge in [0, 0.05) is 10.3 Å². The number of nitrogens with zero attached hydrogens (tertiary/aromatic N) is 1. The zero-order valence-corrected chi connectivity index (χ0v) is 21.0. The van der Waals surface area contributed by atoms with E-state index in [0.717, 1.165) is 53.4 Å². The van der Waals surface area contributed by atoms with Crippen LogP contribution >= 0.6 is 34.3 Å². The summed E-state index contributed by atoms with van der Waals surface area (Å²) in [5, 5.41) is 4.37. The highest BCUT2D eigenvalue weighted by Gasteiger charge is 2.28. The van der Waals surface area contributed by atoms with Gasteiger partial charge in [0.1, 0.15) is 5.00 Å². The highest BCUT2D eigenvalue weighted by Crippen LogP contribution is 2.39. The lowest BCUT2D eigenvalue weighted by Crippen LogP contribution is -2.16. The van der Waals surface area contributed by atoms with Crippen LogP contribution in [0.5, 0.6) is 0 Å². The Bertz CT molecular complexity index is 1390. The molecule has 0 fully saturated rings. The van der Waals surface area contributed by atoms with Gasteiger partial charge in [-0.1, -0.05) is 36.7 Å². The molecule has 0 spiro atoms. The molecule has 34 heavy (non-hydrogen) atoms. The highest BCUT2D eigenvalue weighted by molar-refractivity contribution is 7.19. The van der Waals surface area contributed by atoms with Crippen molar-refractivity contribution < 1.29 is 14.3 Å². The number of para-hydroxylation sites is 1. The molecule has 0 saturated carbocycles. The molecule has 1 aliphatic carbocycles. The Labute approximate surface area is 210 Å². The Kier molecular flexibility index (Phi) is 6.68. The molecule has 5 rings (SSSR count). The summed E-state index contributed by atoms with van der Waals surface area (Å²) in [7, 11) is 0. The first-order valence-electron chi connectivity index (χ1n) is 11.3. The lowest BCUT2D eigenvalue weighted by atomic mass is 9.95. The first-order chi connectivity index (χ1) is 16.5. The van der Waals surface area contributed by atoms with Crippen molar-refractivity contribution in [2.24, 2.45) is 0 Å². The van der Waals surface area contributed by atoms with Gasteiger partial charge in [-0.15, -0.1) is 22.7 Å². The summed E-state index contributed by atoms with van der Waals surface area (Å²) >= 11 is 9.05. The third-order valence-corrected chi connectivity index (χ3v) is 8.29. The summed E-state index contributed by atoms with van der Waals surface area (Å²) in [6.07, 6.45) is 4.63. The van der Waals surface area contributed by atoms with Crippen molar-refractivity contribution in [2.45, 2.75) is 39.0 Å². The van der Waals surface area contributed by atoms with Gasteiger partial charge in [0.05, 0.1) is 38.2 Å². The number of carbonyl (C=O) groups is 2. The third-order valence-electron chi connectivity index (χ3n) is 5.83. The maximum atomic E-state index is 13.6. The third kappa shape index (κ3) is 4.48. The number of aryl methyl sites for hydroxylation is 1. The van der Waals surface area contributed by atoms with Gasteiger partial charge < -0.3 is 10.1 Å². The maximum absolute atomic E-state index is 13.6. The molecule has 1 aromatic carbocycles. The molecular formula is C26H23ClN2O3S2. The van der Waals surface area contributed by atoms with E-state index in [-0.39, 0.29) is 11.9 Å². The summed E-state index contributed by atoms with van der Waals surface area (Å²) in [5.41, 5.74) is 3.46. The van der Waals surface area contributed by atoms with E-state index in [9.17, 15) is 9.59 Å². The van der Waals surface area contributed by atoms with Gasteiger partial charge in [0.2, 0.25) is 0 Å². The molecule has 1 aliphatic rings. The minimum absolute atomic E-state index is 0.273. The van der Waals surface area contributed by atoms with Crippen molar-refractivity contribution in [1.29, 1.82) is 0 Å². The Morgan fingerprint density at radius 2 is 1.94 bits per heavy atom. The zero-order chi connectivity index (χ0) is 23.7. The van der Waals surface area contributed by atoms with Crippen LogP contribution in [0.25, 0.3) is 21.5 Å². The summed E-state index contributed by atoms with van der Waals surface area (Å²) in [5.74, 6) is -0.629. The lowest BCUT2D eigenvalue weighted by Gasteiger charge is -2.13. The molecule has 3 aromatic heterocycles. The van der Waals surface area contributed by atoms with E-state index in [4.69, 9.17) is 21.3 Å². The van der Waals surface area contributed by atoms with Crippen molar-refractivity contribution in [3.8, 4) is 10.6 Å². The van der Waals surface area contributed by atoms with Crippen molar-refractivity contribution in [1.82, 2.24) is 4.98 Å². The van der Waals surface area contributed by atoms with Gasteiger partial charge in [-0.25, -0.2) is 9.78 Å². The zero-order valence-electron chi connectivity index (χ0n) is 18.7. The second-order valence-electron chi connectivity index (χ2n) is 8.18. The molecule has 4 aromatic rings. The fraction of sp³-hybridized carbons (Fsp3) is 0.269. The van der Waals surface area contributed by atoms with Crippen LogP contribution in [-0.4, -0.2) is 23.5 Å². The number of hydrogen-bond acceptors (Lipinski definition) is 6. The number of amides is 1. The number of hydrogen-bond donors (Lipinski definition) is 1. The number of anilines is 1. The molecule has 0 atom stereocenters. The quantitative estimate of drug-likeness (QED) is 0.275. The number of ether oxygens (including phenoxy) is 1. The summed E-state index contributed by atoms with van der Waals surface area (Å²) in [6, 6.07) is 13.1. The van der Waals surface area contributed by atoms with Gasteiger partial charge in [0.25, 0.3) is 5.91 Å². The number of esters is 1. The number of nitrogens with one attached hydrogen (secondary N) is 1. The van der Waals surface area contributed by atoms with Crippen LogP contribution < -0.4 is 5.32 Å². The minimum atomic E-state index is -0.356. The van der Waals surface area contributed by atoms with Crippen LogP contribution in [0.1, 0.15) is 57.3 Å². The number of fused-ring (bicyclic) bond motifs is 2. The Morgan fingerprint density at radius 1 is 1.12 bits per heavy atom. The van der Waals surface area contributed by atoms with Crippen molar-refractivity contribution in [3.63, 3.8) is 0 Å². The van der Waals surface area contributed by atoms with E-state index in [1.165, 1.54) is 27.6 Å². The van der Waals surface area contributed by atoms with E-state index in [1.54, 1.807) is 6.07 Å². The second-order valence-corrected chi connectivity index (χ2v) is 11.0. The van der Waals surface area contributed by atoms with E-state index < -0.39 is 0 Å². The molecule has 8 heteroatoms. The average Bonchev–Trinajstić information content (AvgIpc) is 3.45. The van der Waals surface area contributed by atoms with Gasteiger partial charge in [0.15, 0.2) is 0 Å². The van der Waals surface area contributed by atoms with Gasteiger partial charge in [-0.05, 0) is 61.9 Å². The Hall–Kier alpha value is -2.74. The Balaban J connectivity index is 1.55. The molecule has 5 nitrogen and oxygen atoms in total. The van der Waals surface area contributed by atoms with Crippen LogP contribution in [0.4, 0.5) is 5.00 Å². The van der Waals surface area contributed by atoms with Crippen molar-refractivity contribution in [3.05, 3.63) is 68.4 Å². The molecule has 0 aliphatic heterocycles. The number of aromatic nitrogens is 1. The topological polar surface area (TPSA) is 68.3 Å². The molecule has 1 N–H and O–H groups in total. The van der Waals surface area contributed by atoms with Gasteiger partial charge in [-0.3, -0.25) is 4.79 Å². The van der Waals surface area contributed by atoms with Crippen LogP contribution in [0.15, 0.2) is 42.5 Å². The number of pyridine rings is 1. The predicted octanol–water partition coefficient (Wildman–Crippen LogP) is 7.38. The number of halogens is 1. The number of carbonyl (C=O) groups excluding carboxylic acids is 2. The van der Waals surface area contributed by atoms with Crippen LogP contribution in [0.2, 0.25) is 4.34 Å². The average molecular weight is 511 g/mol. The number of thiophene rings is 2. The fourth-order valence-electron chi connectivity index (χ4n) is 4.25. The first-order valence-corrected chi connectivity index (χ1v) is 13.3. The van der Waals surface area contributed by atoms with Gasteiger partial charge in [-0.2, -0.15) is 0 Å². The summed E-state index contributed by atoms with van der Waals surface area (Å²) < 4.78 is 6.14. The highest BCUT2D eigenvalue weighted by atomic mass is 35.5. The first kappa shape index (κ1) is 23.0. The molecular weight excluding hydrogens is 488 g/mol. The molecule has 0 bridgehead atoms. The molecule has 0 unspecified atom stereocenters. The Morgan fingerprint density at radius 3 is 2.74 bits per heavy atom. The largest absolute Gasteiger partial charge is 0.462 e. The number of rotatable bonds is 6. The van der Waals surface area contributed by atoms with E-state index >= 15 is 0 Å². The van der Waals surface area contributed by atoms with Crippen molar-refractivity contribution in [2.75, 3.05) is 11.9 Å². The number of benzene rings is 1. The minimum Gasteiger partial charge on any atom is -0.462 e. The van der Waals surface area contributed by atoms with Crippen molar-refractivity contribution >= 4 is 62.1 Å². The standard InChI is InChI=1S/C26H23ClN2O3S2/c1-2-13-32-26(31)23-16-8-4-6-10-20(16)34-25(23)29-24(30)17-14-19(21-11-12-22(27)33-21)28-18-9-5-3-7-15(17)18/h3,5,7,9,11-12,14H,2,4,6,8,10,13H2,1H3,(H,29,30). The maximum Gasteiger partial charge on any atom is 0.341 e. The van der Waals surface area contributed by atoms with E-state index in [2.05, 4.69) is 5.32 Å². The predicted molar refractivity (Wildman–Crippen MR) is 140 cm³/mol. The molecule has 1 amide bonds. The molecule has 0 radical (unpaired) electrons. The van der Waals surface area contributed by atoms with Crippen LogP contribution in [0, 0.1) is 0 Å². The summed E-state index contributed by atoms with van der Waals surface area (Å²) in [6.45, 7) is 2.32. The normalized spacial score (nSPS) is 13.0. The molecule has 174 valence electrons. The van der Waals surface area contributed by atoms with E-state index in [1.807, 2.05) is 43.3 Å².